The van der Waals surface area contributed by atoms with Crippen molar-refractivity contribution >= 4 is 33.5 Å². The second kappa shape index (κ2) is 10.7. The highest BCUT2D eigenvalue weighted by atomic mass is 32.2. The average Bonchev–Trinajstić information content (AvgIpc) is 2.97. The quantitative estimate of drug-likeness (QED) is 0.198. The molecule has 0 aromatic heterocycles. The van der Waals surface area contributed by atoms with Crippen LogP contribution in [0.5, 0.6) is 5.75 Å². The Morgan fingerprint density at radius 1 is 0.872 bits per heavy atom. The number of allylic oxidation sites excluding steroid dienone is 1. The smallest absolute Gasteiger partial charge is 0.268 e. The van der Waals surface area contributed by atoms with Gasteiger partial charge in [-0.15, -0.1) is 0 Å². The molecule has 0 saturated carbocycles. The molecule has 0 saturated heterocycles. The van der Waals surface area contributed by atoms with E-state index < -0.39 is 15.9 Å². The zero-order valence-electron chi connectivity index (χ0n) is 21.6. The summed E-state index contributed by atoms with van der Waals surface area (Å²) in [4.78, 5) is 26.4. The van der Waals surface area contributed by atoms with Crippen LogP contribution in [0, 0.1) is 6.92 Å². The molecular weight excluding hydrogens is 510 g/mol. The number of fused-ring (bicyclic) bond motifs is 1. The molecule has 1 atom stereocenters. The van der Waals surface area contributed by atoms with Crippen molar-refractivity contribution in [3.05, 3.63) is 131 Å². The van der Waals surface area contributed by atoms with Crippen LogP contribution in [-0.2, 0) is 14.8 Å². The molecule has 7 heteroatoms. The van der Waals surface area contributed by atoms with Crippen LogP contribution >= 0.6 is 0 Å². The lowest BCUT2D eigenvalue weighted by atomic mass is 9.80. The van der Waals surface area contributed by atoms with Crippen molar-refractivity contribution < 1.29 is 22.7 Å². The molecule has 4 aromatic carbocycles. The lowest BCUT2D eigenvalue weighted by Gasteiger charge is -2.37. The number of carbonyl (C=O) groups is 2. The van der Waals surface area contributed by atoms with Gasteiger partial charge in [-0.2, -0.15) is 0 Å². The standard InChI is InChI=1S/C32H27NO5S/c1-22-12-18-26(19-13-22)39(36,37)33-30-11-7-6-10-27(30)28(20-31(35)23-14-16-25(38-2)17-15-23)29(21-34)32(33)24-8-4-3-5-9-24/h3-19,21,28H,20H2,1-2H3/t28-/m1/s1. The number of aldehydes is 1. The van der Waals surface area contributed by atoms with Crippen molar-refractivity contribution in [1.82, 2.24) is 0 Å². The van der Waals surface area contributed by atoms with E-state index in [0.29, 0.717) is 34.4 Å². The van der Waals surface area contributed by atoms with Gasteiger partial charge in [-0.1, -0.05) is 66.2 Å². The van der Waals surface area contributed by atoms with Crippen LogP contribution in [0.15, 0.2) is 114 Å². The highest BCUT2D eigenvalue weighted by molar-refractivity contribution is 7.93. The lowest BCUT2D eigenvalue weighted by Crippen LogP contribution is -2.36. The van der Waals surface area contributed by atoms with Crippen LogP contribution in [0.25, 0.3) is 5.70 Å². The maximum absolute atomic E-state index is 14.2. The Morgan fingerprint density at radius 2 is 1.51 bits per heavy atom. The summed E-state index contributed by atoms with van der Waals surface area (Å²) < 4.78 is 34.9. The molecular formula is C32H27NO5S. The van der Waals surface area contributed by atoms with Crippen LogP contribution in [-0.4, -0.2) is 27.6 Å². The van der Waals surface area contributed by atoms with Crippen molar-refractivity contribution in [2.45, 2.75) is 24.2 Å². The second-order valence-corrected chi connectivity index (χ2v) is 11.1. The van der Waals surface area contributed by atoms with Gasteiger partial charge in [0.05, 0.1) is 23.4 Å². The molecule has 1 heterocycles. The Hall–Kier alpha value is -4.49. The van der Waals surface area contributed by atoms with Gasteiger partial charge in [-0.25, -0.2) is 12.7 Å². The fraction of sp³-hybridized carbons (Fsp3) is 0.125. The maximum Gasteiger partial charge on any atom is 0.268 e. The Bertz CT molecular complexity index is 1660. The number of benzene rings is 4. The molecule has 196 valence electrons. The van der Waals surface area contributed by atoms with E-state index in [9.17, 15) is 18.0 Å². The molecule has 0 amide bonds. The van der Waals surface area contributed by atoms with Gasteiger partial charge in [0.25, 0.3) is 10.0 Å². The molecule has 0 spiro atoms. The van der Waals surface area contributed by atoms with Crippen molar-refractivity contribution in [1.29, 1.82) is 0 Å². The monoisotopic (exact) mass is 537 g/mol. The van der Waals surface area contributed by atoms with Gasteiger partial charge in [0.2, 0.25) is 0 Å². The predicted octanol–water partition coefficient (Wildman–Crippen LogP) is 6.18. The molecule has 6 nitrogen and oxygen atoms in total. The fourth-order valence-corrected chi connectivity index (χ4v) is 6.49. The Labute approximate surface area is 228 Å². The summed E-state index contributed by atoms with van der Waals surface area (Å²) in [5.74, 6) is -0.182. The predicted molar refractivity (Wildman–Crippen MR) is 151 cm³/mol. The third-order valence-electron chi connectivity index (χ3n) is 6.92. The number of nitrogens with zero attached hydrogens (tertiary/aromatic N) is 1. The fourth-order valence-electron chi connectivity index (χ4n) is 4.92. The van der Waals surface area contributed by atoms with Crippen molar-refractivity contribution in [2.75, 3.05) is 11.4 Å². The van der Waals surface area contributed by atoms with Gasteiger partial charge < -0.3 is 4.74 Å². The summed E-state index contributed by atoms with van der Waals surface area (Å²) in [6.45, 7) is 1.89. The third-order valence-corrected chi connectivity index (χ3v) is 8.65. The van der Waals surface area contributed by atoms with E-state index in [2.05, 4.69) is 0 Å². The van der Waals surface area contributed by atoms with E-state index >= 15 is 0 Å². The molecule has 0 aliphatic carbocycles. The van der Waals surface area contributed by atoms with E-state index in [1.165, 1.54) is 4.31 Å². The molecule has 0 unspecified atom stereocenters. The molecule has 1 aliphatic heterocycles. The Kier molecular flexibility index (Phi) is 7.17. The molecule has 1 aliphatic rings. The van der Waals surface area contributed by atoms with E-state index in [-0.39, 0.29) is 28.4 Å². The van der Waals surface area contributed by atoms with Crippen molar-refractivity contribution in [2.24, 2.45) is 0 Å². The first-order chi connectivity index (χ1) is 18.8. The maximum atomic E-state index is 14.2. The van der Waals surface area contributed by atoms with Crippen LogP contribution in [0.1, 0.15) is 39.4 Å². The summed E-state index contributed by atoms with van der Waals surface area (Å²) in [6, 6.07) is 29.4. The van der Waals surface area contributed by atoms with Gasteiger partial charge in [0.15, 0.2) is 5.78 Å². The molecule has 0 radical (unpaired) electrons. The van der Waals surface area contributed by atoms with Crippen molar-refractivity contribution in [3.63, 3.8) is 0 Å². The van der Waals surface area contributed by atoms with E-state index in [1.807, 2.05) is 13.0 Å². The molecule has 0 fully saturated rings. The molecule has 0 bridgehead atoms. The van der Waals surface area contributed by atoms with Gasteiger partial charge >= 0.3 is 0 Å². The van der Waals surface area contributed by atoms with Crippen LogP contribution in [0.2, 0.25) is 0 Å². The highest BCUT2D eigenvalue weighted by Crippen LogP contribution is 2.48. The first-order valence-electron chi connectivity index (χ1n) is 12.5. The molecule has 39 heavy (non-hydrogen) atoms. The number of methoxy groups -OCH3 is 1. The minimum atomic E-state index is -4.13. The Morgan fingerprint density at radius 3 is 2.15 bits per heavy atom. The number of ketones is 1. The summed E-state index contributed by atoms with van der Waals surface area (Å²) in [7, 11) is -2.57. The number of rotatable bonds is 8. The van der Waals surface area contributed by atoms with Gasteiger partial charge in [-0.3, -0.25) is 9.59 Å². The van der Waals surface area contributed by atoms with Gasteiger partial charge in [0.1, 0.15) is 12.0 Å². The summed E-state index contributed by atoms with van der Waals surface area (Å²) in [6.07, 6.45) is 0.675. The highest BCUT2D eigenvalue weighted by Gasteiger charge is 2.40. The number of hydrogen-bond acceptors (Lipinski definition) is 5. The number of carbonyl (C=O) groups excluding carboxylic acids is 2. The topological polar surface area (TPSA) is 80.8 Å². The minimum absolute atomic E-state index is 0.00777. The number of anilines is 1. The average molecular weight is 538 g/mol. The van der Waals surface area contributed by atoms with Gasteiger partial charge in [0, 0.05) is 23.5 Å². The number of sulfonamides is 1. The first-order valence-corrected chi connectivity index (χ1v) is 13.9. The van der Waals surface area contributed by atoms with Crippen LogP contribution in [0.4, 0.5) is 5.69 Å². The third kappa shape index (κ3) is 4.89. The molecule has 0 N–H and O–H groups in total. The van der Waals surface area contributed by atoms with E-state index in [1.54, 1.807) is 104 Å². The number of aryl methyl sites for hydroxylation is 1. The van der Waals surface area contributed by atoms with E-state index in [4.69, 9.17) is 4.74 Å². The number of ether oxygens (including phenoxy) is 1. The van der Waals surface area contributed by atoms with Gasteiger partial charge in [-0.05, 0) is 60.5 Å². The molecule has 4 aromatic rings. The molecule has 5 rings (SSSR count). The van der Waals surface area contributed by atoms with Crippen LogP contribution < -0.4 is 9.04 Å². The Balaban J connectivity index is 1.71. The van der Waals surface area contributed by atoms with Crippen molar-refractivity contribution in [3.8, 4) is 5.75 Å². The van der Waals surface area contributed by atoms with E-state index in [0.717, 1.165) is 5.56 Å². The normalized spacial score (nSPS) is 15.0. The SMILES string of the molecule is COc1ccc(C(=O)C[C@H]2C(C=O)=C(c3ccccc3)N(S(=O)(=O)c3ccc(C)cc3)c3ccccc32)cc1. The number of Topliss-reactive ketones (excluding diaryl/α,β-unsaturated/α-hetero) is 1. The zero-order chi connectivity index (χ0) is 27.6. The summed E-state index contributed by atoms with van der Waals surface area (Å²) in [5.41, 5.74) is 3.46. The minimum Gasteiger partial charge on any atom is -0.497 e. The number of para-hydroxylation sites is 1. The largest absolute Gasteiger partial charge is 0.497 e. The summed E-state index contributed by atoms with van der Waals surface area (Å²) in [5, 5.41) is 0. The summed E-state index contributed by atoms with van der Waals surface area (Å²) >= 11 is 0. The lowest BCUT2D eigenvalue weighted by molar-refractivity contribution is -0.105. The second-order valence-electron chi connectivity index (χ2n) is 9.34. The first kappa shape index (κ1) is 26.1. The van der Waals surface area contributed by atoms with Crippen LogP contribution in [0.3, 0.4) is 0 Å². The zero-order valence-corrected chi connectivity index (χ0v) is 22.4. The number of hydrogen-bond donors (Lipinski definition) is 0.